The van der Waals surface area contributed by atoms with E-state index in [1.54, 1.807) is 31.2 Å². The number of carbonyl (C=O) groups is 2. The Morgan fingerprint density at radius 3 is 2.44 bits per heavy atom. The number of rotatable bonds is 10. The second-order valence-corrected chi connectivity index (χ2v) is 10.9. The topological polar surface area (TPSA) is 102 Å². The van der Waals surface area contributed by atoms with Gasteiger partial charge in [0.15, 0.2) is 11.7 Å². The highest BCUT2D eigenvalue weighted by molar-refractivity contribution is 9.11. The summed E-state index contributed by atoms with van der Waals surface area (Å²) >= 11 is 14.3. The summed E-state index contributed by atoms with van der Waals surface area (Å²) in [5.41, 5.74) is 6.25. The Morgan fingerprint density at radius 2 is 1.77 bits per heavy atom. The van der Waals surface area contributed by atoms with Crippen LogP contribution in [-0.4, -0.2) is 36.3 Å². The molecule has 0 aliphatic rings. The number of amides is 1. The maximum Gasteiger partial charge on any atom is 0.344 e. The van der Waals surface area contributed by atoms with Crippen LogP contribution in [0.15, 0.2) is 80.1 Å². The van der Waals surface area contributed by atoms with Crippen molar-refractivity contribution in [1.29, 1.82) is 0 Å². The van der Waals surface area contributed by atoms with Gasteiger partial charge in [-0.25, -0.2) is 15.2 Å². The first-order valence-electron chi connectivity index (χ1n) is 11.5. The molecular weight excluding hydrogens is 672 g/mol. The molecule has 0 atom stereocenters. The van der Waals surface area contributed by atoms with Crippen molar-refractivity contribution >= 4 is 83.7 Å². The van der Waals surface area contributed by atoms with Gasteiger partial charge in [0.05, 0.1) is 27.5 Å². The smallest absolute Gasteiger partial charge is 0.344 e. The number of thiazole rings is 1. The van der Waals surface area contributed by atoms with Gasteiger partial charge in [-0.05, 0) is 92.9 Å². The first-order valence-corrected chi connectivity index (χ1v) is 14.4. The number of halogens is 3. The minimum Gasteiger partial charge on any atom is -0.480 e. The fourth-order valence-electron chi connectivity index (χ4n) is 3.27. The van der Waals surface area contributed by atoms with E-state index in [2.05, 4.69) is 52.7 Å². The molecule has 0 unspecified atom stereocenters. The molecule has 0 aliphatic heterocycles. The number of hydrogen-bond donors (Lipinski definition) is 2. The third-order valence-electron chi connectivity index (χ3n) is 5.08. The highest BCUT2D eigenvalue weighted by atomic mass is 79.9. The summed E-state index contributed by atoms with van der Waals surface area (Å²) in [4.78, 5) is 28.7. The largest absolute Gasteiger partial charge is 0.480 e. The maximum absolute atomic E-state index is 12.6. The van der Waals surface area contributed by atoms with Gasteiger partial charge in [-0.3, -0.25) is 4.79 Å². The van der Waals surface area contributed by atoms with Crippen molar-refractivity contribution < 1.29 is 19.1 Å². The lowest BCUT2D eigenvalue weighted by Crippen LogP contribution is -2.17. The van der Waals surface area contributed by atoms with E-state index in [0.717, 1.165) is 22.1 Å². The summed E-state index contributed by atoms with van der Waals surface area (Å²) in [6.07, 6.45) is 1.50. The first kappa shape index (κ1) is 28.8. The number of carbonyl (C=O) groups excluding carboxylic acids is 2. The number of nitrogens with one attached hydrogen (secondary N) is 2. The van der Waals surface area contributed by atoms with Crippen LogP contribution in [0.1, 0.15) is 22.8 Å². The molecule has 200 valence electrons. The minimum atomic E-state index is -0.458. The number of anilines is 2. The van der Waals surface area contributed by atoms with E-state index < -0.39 is 5.97 Å². The van der Waals surface area contributed by atoms with Crippen LogP contribution in [-0.2, 0) is 9.53 Å². The molecule has 0 saturated carbocycles. The molecule has 2 N–H and O–H groups in total. The molecular formula is C27H21Br2ClN4O4S. The van der Waals surface area contributed by atoms with Gasteiger partial charge in [0.25, 0.3) is 5.91 Å². The summed E-state index contributed by atoms with van der Waals surface area (Å²) in [5.74, 6) is -0.355. The zero-order chi connectivity index (χ0) is 27.8. The van der Waals surface area contributed by atoms with E-state index in [1.165, 1.54) is 17.6 Å². The molecule has 0 radical (unpaired) electrons. The molecule has 12 heteroatoms. The monoisotopic (exact) mass is 690 g/mol. The van der Waals surface area contributed by atoms with E-state index in [0.29, 0.717) is 30.8 Å². The van der Waals surface area contributed by atoms with Crippen molar-refractivity contribution in [2.24, 2.45) is 5.10 Å². The summed E-state index contributed by atoms with van der Waals surface area (Å²) in [6.45, 7) is 1.80. The number of benzene rings is 3. The van der Waals surface area contributed by atoms with Gasteiger partial charge < -0.3 is 14.8 Å². The van der Waals surface area contributed by atoms with E-state index in [4.69, 9.17) is 21.1 Å². The van der Waals surface area contributed by atoms with Crippen LogP contribution in [0.3, 0.4) is 0 Å². The Kier molecular flexibility index (Phi) is 10.1. The number of hydrazone groups is 1. The van der Waals surface area contributed by atoms with Crippen LogP contribution in [0.5, 0.6) is 5.75 Å². The molecule has 0 saturated heterocycles. The first-order chi connectivity index (χ1) is 18.8. The van der Waals surface area contributed by atoms with Crippen LogP contribution in [0, 0.1) is 0 Å². The van der Waals surface area contributed by atoms with Crippen LogP contribution >= 0.6 is 54.8 Å². The molecule has 1 amide bonds. The second-order valence-electron chi connectivity index (χ2n) is 7.85. The highest BCUT2D eigenvalue weighted by Gasteiger charge is 2.12. The summed E-state index contributed by atoms with van der Waals surface area (Å²) in [5, 5.41) is 10.7. The highest BCUT2D eigenvalue weighted by Crippen LogP contribution is 2.34. The molecule has 0 aliphatic carbocycles. The standard InChI is InChI=1S/C27H21Br2ClN4O4S/c1-2-37-24(35)14-38-25-21(28)11-16(12-22(25)29)13-31-34-26(36)18-5-3-17(4-6-18)23-15-39-27(33-23)32-20-9-7-19(30)8-10-20/h3-13,15H,2,14H2,1H3,(H,32,33)(H,34,36)/b31-13-. The Hall–Kier alpha value is -3.25. The van der Waals surface area contributed by atoms with Crippen molar-refractivity contribution in [3.63, 3.8) is 0 Å². The number of esters is 1. The van der Waals surface area contributed by atoms with Gasteiger partial charge in [-0.1, -0.05) is 23.7 Å². The average molecular weight is 693 g/mol. The zero-order valence-electron chi connectivity index (χ0n) is 20.4. The molecule has 8 nitrogen and oxygen atoms in total. The predicted octanol–water partition coefficient (Wildman–Crippen LogP) is 7.44. The predicted molar refractivity (Wildman–Crippen MR) is 161 cm³/mol. The second kappa shape index (κ2) is 13.7. The quantitative estimate of drug-likeness (QED) is 0.102. The van der Waals surface area contributed by atoms with E-state index in [-0.39, 0.29) is 19.1 Å². The van der Waals surface area contributed by atoms with Crippen molar-refractivity contribution in [2.45, 2.75) is 6.92 Å². The molecule has 0 fully saturated rings. The minimum absolute atomic E-state index is 0.211. The number of aromatic nitrogens is 1. The Bertz CT molecular complexity index is 1470. The van der Waals surface area contributed by atoms with Crippen molar-refractivity contribution in [1.82, 2.24) is 10.4 Å². The normalized spacial score (nSPS) is 10.9. The Morgan fingerprint density at radius 1 is 1.08 bits per heavy atom. The molecule has 4 rings (SSSR count). The summed E-state index contributed by atoms with van der Waals surface area (Å²) in [7, 11) is 0. The molecule has 0 bridgehead atoms. The fourth-order valence-corrected chi connectivity index (χ4v) is 5.59. The van der Waals surface area contributed by atoms with E-state index in [1.807, 2.05) is 41.8 Å². The fraction of sp³-hybridized carbons (Fsp3) is 0.111. The van der Waals surface area contributed by atoms with Crippen LogP contribution in [0.25, 0.3) is 11.3 Å². The summed E-state index contributed by atoms with van der Waals surface area (Å²) in [6, 6.07) is 18.0. The van der Waals surface area contributed by atoms with Crippen LogP contribution in [0.4, 0.5) is 10.8 Å². The number of nitrogens with zero attached hydrogens (tertiary/aromatic N) is 2. The van der Waals surface area contributed by atoms with Gasteiger partial charge in [-0.15, -0.1) is 11.3 Å². The maximum atomic E-state index is 12.6. The van der Waals surface area contributed by atoms with E-state index in [9.17, 15) is 9.59 Å². The number of hydrogen-bond acceptors (Lipinski definition) is 8. The Balaban J connectivity index is 1.33. The van der Waals surface area contributed by atoms with Crippen molar-refractivity contribution in [3.05, 3.63) is 91.1 Å². The van der Waals surface area contributed by atoms with Crippen LogP contribution in [0.2, 0.25) is 5.02 Å². The third-order valence-corrected chi connectivity index (χ3v) is 7.27. The van der Waals surface area contributed by atoms with Crippen molar-refractivity contribution in [2.75, 3.05) is 18.5 Å². The van der Waals surface area contributed by atoms with E-state index >= 15 is 0 Å². The SMILES string of the molecule is CCOC(=O)COc1c(Br)cc(/C=N\NC(=O)c2ccc(-c3csc(Nc4ccc(Cl)cc4)n3)cc2)cc1Br. The molecule has 1 aromatic heterocycles. The van der Waals surface area contributed by atoms with Gasteiger partial charge in [0, 0.05) is 27.2 Å². The molecule has 1 heterocycles. The Labute approximate surface area is 250 Å². The van der Waals surface area contributed by atoms with Crippen molar-refractivity contribution in [3.8, 4) is 17.0 Å². The van der Waals surface area contributed by atoms with Gasteiger partial charge in [0.1, 0.15) is 5.75 Å². The third kappa shape index (κ3) is 8.12. The molecule has 0 spiro atoms. The lowest BCUT2D eigenvalue weighted by Gasteiger charge is -2.10. The van der Waals surface area contributed by atoms with Gasteiger partial charge >= 0.3 is 5.97 Å². The lowest BCUT2D eigenvalue weighted by molar-refractivity contribution is -0.145. The van der Waals surface area contributed by atoms with Crippen LogP contribution < -0.4 is 15.5 Å². The van der Waals surface area contributed by atoms with Gasteiger partial charge in [-0.2, -0.15) is 5.10 Å². The molecule has 3 aromatic carbocycles. The summed E-state index contributed by atoms with van der Waals surface area (Å²) < 4.78 is 11.6. The zero-order valence-corrected chi connectivity index (χ0v) is 25.2. The average Bonchev–Trinajstić information content (AvgIpc) is 3.38. The molecule has 4 aromatic rings. The lowest BCUT2D eigenvalue weighted by atomic mass is 10.1. The number of ether oxygens (including phenoxy) is 2. The van der Waals surface area contributed by atoms with Gasteiger partial charge in [0.2, 0.25) is 0 Å². The molecule has 39 heavy (non-hydrogen) atoms.